The van der Waals surface area contributed by atoms with Crippen LogP contribution >= 0.6 is 0 Å². The first kappa shape index (κ1) is 8.92. The lowest BCUT2D eigenvalue weighted by atomic mass is 9.90. The van der Waals surface area contributed by atoms with Crippen LogP contribution in [0.3, 0.4) is 0 Å². The minimum atomic E-state index is 0.240. The van der Waals surface area contributed by atoms with Crippen LogP contribution in [0, 0.1) is 5.41 Å². The summed E-state index contributed by atoms with van der Waals surface area (Å²) in [5.74, 6) is 0. The van der Waals surface area contributed by atoms with Gasteiger partial charge >= 0.3 is 0 Å². The van der Waals surface area contributed by atoms with E-state index in [1.165, 1.54) is 0 Å². The van der Waals surface area contributed by atoms with Gasteiger partial charge in [0.2, 0.25) is 0 Å². The van der Waals surface area contributed by atoms with Gasteiger partial charge in [-0.05, 0) is 18.9 Å². The summed E-state index contributed by atoms with van der Waals surface area (Å²) in [4.78, 5) is 0. The van der Waals surface area contributed by atoms with Crippen LogP contribution in [-0.4, -0.2) is 25.3 Å². The lowest BCUT2D eigenvalue weighted by molar-refractivity contribution is 0.210. The number of aliphatic hydroxyl groups is 1. The zero-order valence-corrected chi connectivity index (χ0v) is 6.57. The molecule has 0 aromatic rings. The first-order valence-corrected chi connectivity index (χ1v) is 3.38. The molecule has 0 aliphatic carbocycles. The van der Waals surface area contributed by atoms with Gasteiger partial charge in [-0.1, -0.05) is 13.8 Å². The molecule has 0 radical (unpaired) electrons. The van der Waals surface area contributed by atoms with Gasteiger partial charge in [-0.15, -0.1) is 0 Å². The standard InChI is InChI=1S/C7H17NO/c1-7(2,4-5-9)6-8-3/h8-9H,4-6H2,1-3H3. The lowest BCUT2D eigenvalue weighted by Gasteiger charge is -2.22. The molecule has 0 saturated heterocycles. The highest BCUT2D eigenvalue weighted by Gasteiger charge is 2.14. The summed E-state index contributed by atoms with van der Waals surface area (Å²) in [6, 6.07) is 0. The topological polar surface area (TPSA) is 32.3 Å². The van der Waals surface area contributed by atoms with Gasteiger partial charge in [0.05, 0.1) is 0 Å². The highest BCUT2D eigenvalue weighted by molar-refractivity contribution is 4.69. The first-order chi connectivity index (χ1) is 4.12. The van der Waals surface area contributed by atoms with Crippen molar-refractivity contribution in [3.63, 3.8) is 0 Å². The molecular weight excluding hydrogens is 114 g/mol. The number of aliphatic hydroxyl groups excluding tert-OH is 1. The summed E-state index contributed by atoms with van der Waals surface area (Å²) in [5, 5.41) is 11.7. The van der Waals surface area contributed by atoms with Crippen LogP contribution in [0.1, 0.15) is 20.3 Å². The average Bonchev–Trinajstić information content (AvgIpc) is 1.64. The van der Waals surface area contributed by atoms with E-state index in [4.69, 9.17) is 5.11 Å². The second-order valence-electron chi connectivity index (χ2n) is 3.17. The Hall–Kier alpha value is -0.0800. The molecule has 2 nitrogen and oxygen atoms in total. The monoisotopic (exact) mass is 131 g/mol. The molecule has 0 bridgehead atoms. The Morgan fingerprint density at radius 2 is 2.00 bits per heavy atom. The van der Waals surface area contributed by atoms with Crippen LogP contribution in [0.4, 0.5) is 0 Å². The fourth-order valence-electron chi connectivity index (χ4n) is 0.870. The van der Waals surface area contributed by atoms with Crippen molar-refractivity contribution in [1.82, 2.24) is 5.32 Å². The maximum Gasteiger partial charge on any atom is 0.0436 e. The van der Waals surface area contributed by atoms with Crippen LogP contribution in [0.2, 0.25) is 0 Å². The van der Waals surface area contributed by atoms with Gasteiger partial charge < -0.3 is 10.4 Å². The van der Waals surface area contributed by atoms with Crippen LogP contribution in [0.25, 0.3) is 0 Å². The van der Waals surface area contributed by atoms with E-state index in [9.17, 15) is 0 Å². The van der Waals surface area contributed by atoms with Crippen molar-refractivity contribution < 1.29 is 5.11 Å². The molecule has 0 spiro atoms. The van der Waals surface area contributed by atoms with Crippen LogP contribution in [-0.2, 0) is 0 Å². The highest BCUT2D eigenvalue weighted by atomic mass is 16.3. The van der Waals surface area contributed by atoms with Gasteiger partial charge in [-0.2, -0.15) is 0 Å². The molecule has 0 rings (SSSR count). The SMILES string of the molecule is CNCC(C)(C)CCO. The van der Waals surface area contributed by atoms with Crippen molar-refractivity contribution in [3.8, 4) is 0 Å². The highest BCUT2D eigenvalue weighted by Crippen LogP contribution is 2.17. The minimum absolute atomic E-state index is 0.240. The predicted molar refractivity (Wildman–Crippen MR) is 39.4 cm³/mol. The van der Waals surface area contributed by atoms with E-state index in [1.54, 1.807) is 0 Å². The van der Waals surface area contributed by atoms with Gasteiger partial charge in [-0.3, -0.25) is 0 Å². The Bertz CT molecular complexity index is 63.3. The smallest absolute Gasteiger partial charge is 0.0436 e. The Morgan fingerprint density at radius 1 is 1.44 bits per heavy atom. The normalized spacial score (nSPS) is 12.0. The molecule has 0 amide bonds. The Morgan fingerprint density at radius 3 is 2.33 bits per heavy atom. The van der Waals surface area contributed by atoms with E-state index in [2.05, 4.69) is 19.2 Å². The second kappa shape index (κ2) is 3.85. The molecular formula is C7H17NO. The predicted octanol–water partition coefficient (Wildman–Crippen LogP) is 0.614. The number of rotatable bonds is 4. The molecule has 0 aliphatic heterocycles. The Labute approximate surface area is 57.3 Å². The second-order valence-corrected chi connectivity index (χ2v) is 3.17. The third-order valence-electron chi connectivity index (χ3n) is 1.44. The minimum Gasteiger partial charge on any atom is -0.396 e. The summed E-state index contributed by atoms with van der Waals surface area (Å²) in [6.45, 7) is 5.53. The first-order valence-electron chi connectivity index (χ1n) is 3.38. The molecule has 2 heteroatoms. The van der Waals surface area contributed by atoms with E-state index in [1.807, 2.05) is 7.05 Å². The summed E-state index contributed by atoms with van der Waals surface area (Å²) in [6.07, 6.45) is 0.869. The van der Waals surface area contributed by atoms with Crippen molar-refractivity contribution in [3.05, 3.63) is 0 Å². The van der Waals surface area contributed by atoms with E-state index >= 15 is 0 Å². The van der Waals surface area contributed by atoms with Crippen molar-refractivity contribution in [1.29, 1.82) is 0 Å². The quantitative estimate of drug-likeness (QED) is 0.586. The molecule has 0 fully saturated rings. The molecule has 9 heavy (non-hydrogen) atoms. The Balaban J connectivity index is 3.43. The van der Waals surface area contributed by atoms with E-state index < -0.39 is 0 Å². The van der Waals surface area contributed by atoms with E-state index in [0.29, 0.717) is 0 Å². The van der Waals surface area contributed by atoms with Crippen molar-refractivity contribution in [2.45, 2.75) is 20.3 Å². The molecule has 0 aromatic heterocycles. The Kier molecular flexibility index (Phi) is 3.82. The van der Waals surface area contributed by atoms with Crippen molar-refractivity contribution >= 4 is 0 Å². The van der Waals surface area contributed by atoms with E-state index in [-0.39, 0.29) is 12.0 Å². The third kappa shape index (κ3) is 4.43. The van der Waals surface area contributed by atoms with Crippen molar-refractivity contribution in [2.75, 3.05) is 20.2 Å². The zero-order chi connectivity index (χ0) is 7.33. The third-order valence-corrected chi connectivity index (χ3v) is 1.44. The average molecular weight is 131 g/mol. The molecule has 0 heterocycles. The summed E-state index contributed by atoms with van der Waals surface area (Å²) in [5.41, 5.74) is 0.240. The van der Waals surface area contributed by atoms with Gasteiger partial charge in [0.15, 0.2) is 0 Å². The number of nitrogens with one attached hydrogen (secondary N) is 1. The molecule has 2 N–H and O–H groups in total. The molecule has 0 unspecified atom stereocenters. The van der Waals surface area contributed by atoms with Crippen LogP contribution in [0.15, 0.2) is 0 Å². The summed E-state index contributed by atoms with van der Waals surface area (Å²) < 4.78 is 0. The molecule has 0 atom stereocenters. The number of hydrogen-bond donors (Lipinski definition) is 2. The zero-order valence-electron chi connectivity index (χ0n) is 6.57. The largest absolute Gasteiger partial charge is 0.396 e. The van der Waals surface area contributed by atoms with Crippen molar-refractivity contribution in [2.24, 2.45) is 5.41 Å². The fourth-order valence-corrected chi connectivity index (χ4v) is 0.870. The van der Waals surface area contributed by atoms with Gasteiger partial charge in [0, 0.05) is 13.2 Å². The number of hydrogen-bond acceptors (Lipinski definition) is 2. The molecule has 0 aromatic carbocycles. The lowest BCUT2D eigenvalue weighted by Crippen LogP contribution is -2.27. The summed E-state index contributed by atoms with van der Waals surface area (Å²) in [7, 11) is 1.93. The van der Waals surface area contributed by atoms with Crippen LogP contribution < -0.4 is 5.32 Å². The van der Waals surface area contributed by atoms with Gasteiger partial charge in [0.1, 0.15) is 0 Å². The molecule has 0 aliphatic rings. The summed E-state index contributed by atoms with van der Waals surface area (Å²) >= 11 is 0. The van der Waals surface area contributed by atoms with E-state index in [0.717, 1.165) is 13.0 Å². The van der Waals surface area contributed by atoms with Crippen LogP contribution in [0.5, 0.6) is 0 Å². The maximum atomic E-state index is 8.60. The fraction of sp³-hybridized carbons (Fsp3) is 1.00. The van der Waals surface area contributed by atoms with Gasteiger partial charge in [0.25, 0.3) is 0 Å². The maximum absolute atomic E-state index is 8.60. The van der Waals surface area contributed by atoms with Gasteiger partial charge in [-0.25, -0.2) is 0 Å². The molecule has 0 saturated carbocycles. The molecule has 56 valence electrons.